The van der Waals surface area contributed by atoms with Crippen LogP contribution >= 0.6 is 0 Å². The van der Waals surface area contributed by atoms with Gasteiger partial charge < -0.3 is 20.4 Å². The Morgan fingerprint density at radius 3 is 1.61 bits per heavy atom. The number of carbonyl (C=O) groups is 1. The maximum atomic E-state index is 12.2. The van der Waals surface area contributed by atoms with Crippen LogP contribution in [0.5, 0.6) is 17.2 Å². The van der Waals surface area contributed by atoms with Crippen LogP contribution in [-0.4, -0.2) is 32.3 Å². The summed E-state index contributed by atoms with van der Waals surface area (Å²) >= 11 is 0. The normalized spacial score (nSPS) is 12.2. The fourth-order valence-corrected chi connectivity index (χ4v) is 4.04. The third-order valence-electron chi connectivity index (χ3n) is 5.94. The van der Waals surface area contributed by atoms with Crippen molar-refractivity contribution in [1.82, 2.24) is 0 Å². The molecule has 5 nitrogen and oxygen atoms in total. The molecule has 0 heterocycles. The molecule has 0 saturated carbocycles. The summed E-state index contributed by atoms with van der Waals surface area (Å²) in [5, 5.41) is 38.7. The summed E-state index contributed by atoms with van der Waals surface area (Å²) in [5.74, 6) is -1.29. The SMILES string of the molecule is CCCCCC(O)CCCCCCCCCCCCCC(=O)c1c(O)cc(O)cc1O. The molecule has 0 radical (unpaired) electrons. The van der Waals surface area contributed by atoms with E-state index < -0.39 is 0 Å². The highest BCUT2D eigenvalue weighted by Crippen LogP contribution is 2.33. The van der Waals surface area contributed by atoms with Crippen molar-refractivity contribution in [2.24, 2.45) is 0 Å². The number of unbranched alkanes of at least 4 members (excludes halogenated alkanes) is 12. The molecule has 0 aromatic heterocycles. The summed E-state index contributed by atoms with van der Waals surface area (Å²) in [6.45, 7) is 2.19. The Morgan fingerprint density at radius 1 is 0.710 bits per heavy atom. The van der Waals surface area contributed by atoms with Crippen LogP contribution in [0.2, 0.25) is 0 Å². The average Bonchev–Trinajstić information content (AvgIpc) is 2.70. The standard InChI is InChI=1S/C26H44O5/c1-2-3-13-16-21(27)17-14-11-9-7-5-4-6-8-10-12-15-18-23(29)26-24(30)19-22(28)20-25(26)31/h19-21,27-28,30-31H,2-18H2,1H3. The largest absolute Gasteiger partial charge is 0.508 e. The molecular weight excluding hydrogens is 392 g/mol. The molecule has 1 aromatic carbocycles. The summed E-state index contributed by atoms with van der Waals surface area (Å²) < 4.78 is 0. The predicted octanol–water partition coefficient (Wildman–Crippen LogP) is 7.00. The van der Waals surface area contributed by atoms with Crippen molar-refractivity contribution in [3.8, 4) is 17.2 Å². The molecule has 0 aliphatic rings. The van der Waals surface area contributed by atoms with Crippen molar-refractivity contribution >= 4 is 5.78 Å². The van der Waals surface area contributed by atoms with Crippen LogP contribution in [-0.2, 0) is 0 Å². The number of rotatable bonds is 19. The van der Waals surface area contributed by atoms with Gasteiger partial charge in [-0.3, -0.25) is 4.79 Å². The lowest BCUT2D eigenvalue weighted by Gasteiger charge is -2.09. The second-order valence-corrected chi connectivity index (χ2v) is 8.86. The number of Topliss-reactive ketones (excluding diaryl/α,β-unsaturated/α-hetero) is 1. The van der Waals surface area contributed by atoms with Gasteiger partial charge in [0.25, 0.3) is 0 Å². The first kappa shape index (κ1) is 27.3. The van der Waals surface area contributed by atoms with Gasteiger partial charge in [-0.05, 0) is 19.3 Å². The number of hydrogen-bond acceptors (Lipinski definition) is 5. The number of hydrogen-bond donors (Lipinski definition) is 4. The van der Waals surface area contributed by atoms with Crippen LogP contribution in [0.25, 0.3) is 0 Å². The van der Waals surface area contributed by atoms with Crippen molar-refractivity contribution in [1.29, 1.82) is 0 Å². The Bertz CT molecular complexity index is 591. The lowest BCUT2D eigenvalue weighted by Crippen LogP contribution is -2.05. The van der Waals surface area contributed by atoms with Crippen LogP contribution in [0.4, 0.5) is 0 Å². The van der Waals surface area contributed by atoms with E-state index in [9.17, 15) is 25.2 Å². The smallest absolute Gasteiger partial charge is 0.170 e. The fraction of sp³-hybridized carbons (Fsp3) is 0.731. The molecule has 4 N–H and O–H groups in total. The van der Waals surface area contributed by atoms with Gasteiger partial charge in [0.05, 0.1) is 6.10 Å². The Kier molecular flexibility index (Phi) is 14.9. The fourth-order valence-electron chi connectivity index (χ4n) is 4.04. The molecule has 0 saturated heterocycles. The Morgan fingerprint density at radius 2 is 1.13 bits per heavy atom. The maximum absolute atomic E-state index is 12.2. The molecule has 0 fully saturated rings. The van der Waals surface area contributed by atoms with Crippen LogP contribution < -0.4 is 0 Å². The zero-order valence-electron chi connectivity index (χ0n) is 19.4. The van der Waals surface area contributed by atoms with Crippen molar-refractivity contribution in [2.45, 2.75) is 122 Å². The Labute approximate surface area is 188 Å². The van der Waals surface area contributed by atoms with Gasteiger partial charge in [0.15, 0.2) is 5.78 Å². The summed E-state index contributed by atoms with van der Waals surface area (Å²) in [5.41, 5.74) is -0.0937. The van der Waals surface area contributed by atoms with Gasteiger partial charge in [-0.25, -0.2) is 0 Å². The van der Waals surface area contributed by atoms with Crippen molar-refractivity contribution in [3.05, 3.63) is 17.7 Å². The maximum Gasteiger partial charge on any atom is 0.170 e. The summed E-state index contributed by atoms with van der Waals surface area (Å²) in [6, 6.07) is 2.15. The highest BCUT2D eigenvalue weighted by atomic mass is 16.3. The molecule has 5 heteroatoms. The minimum absolute atomic E-state index is 0.0937. The quantitative estimate of drug-likeness (QED) is 0.138. The third-order valence-corrected chi connectivity index (χ3v) is 5.94. The van der Waals surface area contributed by atoms with Gasteiger partial charge in [0.2, 0.25) is 0 Å². The monoisotopic (exact) mass is 436 g/mol. The number of aliphatic hydroxyl groups is 1. The first-order valence-corrected chi connectivity index (χ1v) is 12.4. The van der Waals surface area contributed by atoms with Gasteiger partial charge in [-0.1, -0.05) is 90.4 Å². The van der Waals surface area contributed by atoms with Crippen LogP contribution in [0.1, 0.15) is 126 Å². The second-order valence-electron chi connectivity index (χ2n) is 8.86. The van der Waals surface area contributed by atoms with E-state index in [0.29, 0.717) is 6.42 Å². The van der Waals surface area contributed by atoms with Crippen molar-refractivity contribution < 1.29 is 25.2 Å². The first-order chi connectivity index (χ1) is 15.0. The predicted molar refractivity (Wildman–Crippen MR) is 126 cm³/mol. The van der Waals surface area contributed by atoms with Crippen LogP contribution in [0, 0.1) is 0 Å². The van der Waals surface area contributed by atoms with Crippen LogP contribution in [0.3, 0.4) is 0 Å². The van der Waals surface area contributed by atoms with Gasteiger partial charge >= 0.3 is 0 Å². The Hall–Kier alpha value is -1.75. The summed E-state index contributed by atoms with van der Waals surface area (Å²) in [6.07, 6.45) is 18.3. The molecule has 31 heavy (non-hydrogen) atoms. The van der Waals surface area contributed by atoms with E-state index in [1.807, 2.05) is 0 Å². The van der Waals surface area contributed by atoms with Gasteiger partial charge in [-0.15, -0.1) is 0 Å². The minimum atomic E-state index is -0.370. The van der Waals surface area contributed by atoms with Gasteiger partial charge in [-0.2, -0.15) is 0 Å². The third kappa shape index (κ3) is 12.6. The van der Waals surface area contributed by atoms with Gasteiger partial charge in [0, 0.05) is 18.6 Å². The number of aliphatic hydroxyl groups excluding tert-OH is 1. The van der Waals surface area contributed by atoms with E-state index in [-0.39, 0.29) is 34.7 Å². The van der Waals surface area contributed by atoms with E-state index in [2.05, 4.69) is 6.92 Å². The van der Waals surface area contributed by atoms with Crippen molar-refractivity contribution in [3.63, 3.8) is 0 Å². The average molecular weight is 437 g/mol. The number of aromatic hydroxyl groups is 3. The van der Waals surface area contributed by atoms with E-state index in [0.717, 1.165) is 57.1 Å². The molecular formula is C26H44O5. The lowest BCUT2D eigenvalue weighted by atomic mass is 10.0. The number of carbonyl (C=O) groups excluding carboxylic acids is 1. The molecule has 1 unspecified atom stereocenters. The van der Waals surface area contributed by atoms with E-state index >= 15 is 0 Å². The number of phenolic OH excluding ortho intramolecular Hbond substituents is 3. The molecule has 0 amide bonds. The molecule has 1 aromatic rings. The summed E-state index contributed by atoms with van der Waals surface area (Å²) in [7, 11) is 0. The molecule has 0 spiro atoms. The highest BCUT2D eigenvalue weighted by molar-refractivity contribution is 6.01. The van der Waals surface area contributed by atoms with Gasteiger partial charge in [0.1, 0.15) is 22.8 Å². The minimum Gasteiger partial charge on any atom is -0.508 e. The molecule has 0 aliphatic heterocycles. The van der Waals surface area contributed by atoms with E-state index in [4.69, 9.17) is 0 Å². The highest BCUT2D eigenvalue weighted by Gasteiger charge is 2.17. The Balaban J connectivity index is 1.92. The zero-order chi connectivity index (χ0) is 22.9. The summed E-state index contributed by atoms with van der Waals surface area (Å²) in [4.78, 5) is 12.2. The molecule has 1 atom stereocenters. The van der Waals surface area contributed by atoms with Crippen molar-refractivity contribution in [2.75, 3.05) is 0 Å². The number of ketones is 1. The number of benzene rings is 1. The molecule has 1 rings (SSSR count). The van der Waals surface area contributed by atoms with Crippen LogP contribution in [0.15, 0.2) is 12.1 Å². The second kappa shape index (κ2) is 16.9. The first-order valence-electron chi connectivity index (χ1n) is 12.4. The molecule has 0 bridgehead atoms. The lowest BCUT2D eigenvalue weighted by molar-refractivity contribution is 0.0973. The number of phenols is 3. The zero-order valence-corrected chi connectivity index (χ0v) is 19.4. The topological polar surface area (TPSA) is 98.0 Å². The van der Waals surface area contributed by atoms with E-state index in [1.165, 1.54) is 57.8 Å². The van der Waals surface area contributed by atoms with E-state index in [1.54, 1.807) is 0 Å². The molecule has 0 aliphatic carbocycles. The molecule has 178 valence electrons.